The number of aliphatic hydroxyl groups excluding tert-OH is 1. The maximum atomic E-state index is 11.3. The van der Waals surface area contributed by atoms with Crippen molar-refractivity contribution in [1.82, 2.24) is 0 Å². The van der Waals surface area contributed by atoms with E-state index in [0.29, 0.717) is 11.8 Å². The van der Waals surface area contributed by atoms with Crippen molar-refractivity contribution in [3.63, 3.8) is 0 Å². The second-order valence-corrected chi connectivity index (χ2v) is 7.17. The van der Waals surface area contributed by atoms with E-state index < -0.39 is 22.0 Å². The molecule has 0 radical (unpaired) electrons. The third-order valence-corrected chi connectivity index (χ3v) is 4.83. The van der Waals surface area contributed by atoms with Crippen molar-refractivity contribution < 1.29 is 23.1 Å². The van der Waals surface area contributed by atoms with Crippen LogP contribution in [-0.4, -0.2) is 43.5 Å². The molecule has 2 rings (SSSR count). The smallest absolute Gasteiger partial charge is 0.156 e. The first-order chi connectivity index (χ1) is 8.41. The molecule has 98 valence electrons. The first-order valence-corrected chi connectivity index (χ1v) is 7.82. The maximum Gasteiger partial charge on any atom is 0.156 e. The zero-order valence-electron chi connectivity index (χ0n) is 9.24. The monoisotopic (exact) mass is 334 g/mol. The third-order valence-electron chi connectivity index (χ3n) is 2.65. The molecular formula is C11H11BrO5S. The molecule has 0 saturated carbocycles. The zero-order valence-corrected chi connectivity index (χ0v) is 11.6. The molecule has 1 N–H and O–H groups in total. The number of hydrogen-bond acceptors (Lipinski definition) is 5. The van der Waals surface area contributed by atoms with Crippen molar-refractivity contribution in [3.05, 3.63) is 28.2 Å². The Labute approximate surface area is 113 Å². The third kappa shape index (κ3) is 2.90. The van der Waals surface area contributed by atoms with E-state index in [2.05, 4.69) is 15.9 Å². The van der Waals surface area contributed by atoms with Gasteiger partial charge >= 0.3 is 0 Å². The quantitative estimate of drug-likeness (QED) is 0.827. The van der Waals surface area contributed by atoms with E-state index in [-0.39, 0.29) is 17.3 Å². The van der Waals surface area contributed by atoms with Crippen LogP contribution in [0.15, 0.2) is 22.7 Å². The number of halogens is 1. The topological polar surface area (TPSA) is 80.7 Å². The summed E-state index contributed by atoms with van der Waals surface area (Å²) >= 11 is 3.22. The molecule has 7 heteroatoms. The molecule has 0 aromatic heterocycles. The van der Waals surface area contributed by atoms with Gasteiger partial charge in [-0.2, -0.15) is 0 Å². The average Bonchev–Trinajstić information content (AvgIpc) is 2.54. The first kappa shape index (κ1) is 13.5. The van der Waals surface area contributed by atoms with Crippen LogP contribution in [-0.2, 0) is 9.84 Å². The van der Waals surface area contributed by atoms with E-state index in [1.807, 2.05) is 0 Å². The van der Waals surface area contributed by atoms with Crippen LogP contribution in [0, 0.1) is 0 Å². The lowest BCUT2D eigenvalue weighted by molar-refractivity contribution is 0.0728. The molecule has 1 aromatic rings. The summed E-state index contributed by atoms with van der Waals surface area (Å²) in [7, 11) is -3.27. The Hall–Kier alpha value is -0.920. The van der Waals surface area contributed by atoms with Crippen molar-refractivity contribution in [2.24, 2.45) is 0 Å². The van der Waals surface area contributed by atoms with E-state index >= 15 is 0 Å². The van der Waals surface area contributed by atoms with Crippen molar-refractivity contribution in [3.8, 4) is 5.75 Å². The Balaban J connectivity index is 2.22. The van der Waals surface area contributed by atoms with E-state index in [1.54, 1.807) is 18.2 Å². The van der Waals surface area contributed by atoms with Crippen LogP contribution in [0.2, 0.25) is 0 Å². The van der Waals surface area contributed by atoms with Gasteiger partial charge in [0, 0.05) is 4.47 Å². The van der Waals surface area contributed by atoms with Crippen molar-refractivity contribution in [2.75, 3.05) is 11.5 Å². The van der Waals surface area contributed by atoms with E-state index in [9.17, 15) is 18.3 Å². The van der Waals surface area contributed by atoms with Gasteiger partial charge in [-0.3, -0.25) is 4.79 Å². The van der Waals surface area contributed by atoms with Crippen molar-refractivity contribution >= 4 is 32.1 Å². The minimum Gasteiger partial charge on any atom is -0.486 e. The SMILES string of the molecule is O=Cc1cc(Br)ccc1OC1CS(=O)(=O)CC1O. The highest BCUT2D eigenvalue weighted by Gasteiger charge is 2.38. The molecule has 2 unspecified atom stereocenters. The van der Waals surface area contributed by atoms with Gasteiger partial charge in [0.1, 0.15) is 18.0 Å². The summed E-state index contributed by atoms with van der Waals surface area (Å²) in [5.74, 6) is -0.262. The van der Waals surface area contributed by atoms with Gasteiger partial charge in [-0.1, -0.05) is 15.9 Å². The Kier molecular flexibility index (Phi) is 3.74. The first-order valence-electron chi connectivity index (χ1n) is 5.21. The van der Waals surface area contributed by atoms with Crippen LogP contribution >= 0.6 is 15.9 Å². The Morgan fingerprint density at radius 3 is 2.67 bits per heavy atom. The van der Waals surface area contributed by atoms with Crippen LogP contribution < -0.4 is 4.74 Å². The van der Waals surface area contributed by atoms with E-state index in [1.165, 1.54) is 0 Å². The fourth-order valence-electron chi connectivity index (χ4n) is 1.79. The fraction of sp³-hybridized carbons (Fsp3) is 0.364. The lowest BCUT2D eigenvalue weighted by Crippen LogP contribution is -2.30. The van der Waals surface area contributed by atoms with Crippen LogP contribution in [0.25, 0.3) is 0 Å². The number of aldehydes is 1. The van der Waals surface area contributed by atoms with Crippen LogP contribution in [0.5, 0.6) is 5.75 Å². The minimum atomic E-state index is -3.27. The molecule has 0 amide bonds. The average molecular weight is 335 g/mol. The van der Waals surface area contributed by atoms with Gasteiger partial charge in [0.2, 0.25) is 0 Å². The summed E-state index contributed by atoms with van der Waals surface area (Å²) in [6.45, 7) is 0. The van der Waals surface area contributed by atoms with E-state index in [4.69, 9.17) is 4.74 Å². The molecule has 1 aliphatic rings. The largest absolute Gasteiger partial charge is 0.486 e. The summed E-state index contributed by atoms with van der Waals surface area (Å²) < 4.78 is 28.8. The number of ether oxygens (including phenoxy) is 1. The molecule has 1 fully saturated rings. The van der Waals surface area contributed by atoms with Gasteiger partial charge in [0.25, 0.3) is 0 Å². The molecule has 0 bridgehead atoms. The predicted molar refractivity (Wildman–Crippen MR) is 68.6 cm³/mol. The standard InChI is InChI=1S/C11H11BrO5S/c12-8-1-2-10(7(3-8)4-13)17-11-6-18(15,16)5-9(11)14/h1-4,9,11,14H,5-6H2. The summed E-state index contributed by atoms with van der Waals surface area (Å²) in [5.41, 5.74) is 0.306. The molecule has 18 heavy (non-hydrogen) atoms. The van der Waals surface area contributed by atoms with Crippen LogP contribution in [0.4, 0.5) is 0 Å². The summed E-state index contributed by atoms with van der Waals surface area (Å²) in [6, 6.07) is 4.81. The predicted octanol–water partition coefficient (Wildman–Crippen LogP) is 0.798. The van der Waals surface area contributed by atoms with Gasteiger partial charge in [0.15, 0.2) is 16.1 Å². The Bertz CT molecular complexity index is 569. The second kappa shape index (κ2) is 4.99. The zero-order chi connectivity index (χ0) is 13.3. The number of aliphatic hydroxyl groups is 1. The molecule has 5 nitrogen and oxygen atoms in total. The number of rotatable bonds is 3. The van der Waals surface area contributed by atoms with Gasteiger partial charge < -0.3 is 9.84 Å². The molecule has 1 aromatic carbocycles. The Morgan fingerprint density at radius 1 is 1.39 bits per heavy atom. The maximum absolute atomic E-state index is 11.3. The van der Waals surface area contributed by atoms with Gasteiger partial charge in [-0.25, -0.2) is 8.42 Å². The second-order valence-electron chi connectivity index (χ2n) is 4.10. The molecular weight excluding hydrogens is 324 g/mol. The summed E-state index contributed by atoms with van der Waals surface area (Å²) in [6.07, 6.45) is -1.26. The molecule has 2 atom stereocenters. The molecule has 1 aliphatic heterocycles. The number of carbonyl (C=O) groups is 1. The van der Waals surface area contributed by atoms with Gasteiger partial charge in [-0.05, 0) is 18.2 Å². The van der Waals surface area contributed by atoms with E-state index in [0.717, 1.165) is 4.47 Å². The highest BCUT2D eigenvalue weighted by atomic mass is 79.9. The van der Waals surface area contributed by atoms with Crippen molar-refractivity contribution in [2.45, 2.75) is 12.2 Å². The Morgan fingerprint density at radius 2 is 2.11 bits per heavy atom. The normalized spacial score (nSPS) is 25.9. The van der Waals surface area contributed by atoms with Crippen LogP contribution in [0.3, 0.4) is 0 Å². The molecule has 1 saturated heterocycles. The van der Waals surface area contributed by atoms with Crippen LogP contribution in [0.1, 0.15) is 10.4 Å². The molecule has 0 aliphatic carbocycles. The summed E-state index contributed by atoms with van der Waals surface area (Å²) in [4.78, 5) is 10.9. The lowest BCUT2D eigenvalue weighted by atomic mass is 10.2. The van der Waals surface area contributed by atoms with Gasteiger partial charge in [0.05, 0.1) is 17.1 Å². The number of carbonyl (C=O) groups excluding carboxylic acids is 1. The number of benzene rings is 1. The highest BCUT2D eigenvalue weighted by Crippen LogP contribution is 2.25. The molecule has 1 heterocycles. The number of sulfone groups is 1. The summed E-state index contributed by atoms with van der Waals surface area (Å²) in [5, 5.41) is 9.60. The van der Waals surface area contributed by atoms with Gasteiger partial charge in [-0.15, -0.1) is 0 Å². The molecule has 0 spiro atoms. The van der Waals surface area contributed by atoms with Crippen molar-refractivity contribution in [1.29, 1.82) is 0 Å². The number of hydrogen-bond donors (Lipinski definition) is 1. The lowest BCUT2D eigenvalue weighted by Gasteiger charge is -2.16. The highest BCUT2D eigenvalue weighted by molar-refractivity contribution is 9.10. The minimum absolute atomic E-state index is 0.234. The fourth-order valence-corrected chi connectivity index (χ4v) is 3.83.